The summed E-state index contributed by atoms with van der Waals surface area (Å²) < 4.78 is 38.4. The van der Waals surface area contributed by atoms with Crippen LogP contribution in [0.2, 0.25) is 0 Å². The Morgan fingerprint density at radius 3 is 2.25 bits per heavy atom. The summed E-state index contributed by atoms with van der Waals surface area (Å²) in [5.41, 5.74) is -0.646. The number of pyridine rings is 1. The third-order valence-electron chi connectivity index (χ3n) is 3.46. The highest BCUT2D eigenvalue weighted by Gasteiger charge is 2.46. The second-order valence-electron chi connectivity index (χ2n) is 4.99. The quantitative estimate of drug-likeness (QED) is 0.783. The maximum absolute atomic E-state index is 14.5. The lowest BCUT2D eigenvalue weighted by molar-refractivity contribution is -0.173. The first-order valence-electron chi connectivity index (χ1n) is 7.46. The minimum atomic E-state index is -3.98. The monoisotopic (exact) mass is 337 g/mol. The number of aryl methyl sites for hydroxylation is 1. The number of ether oxygens (including phenoxy) is 2. The zero-order valence-electron chi connectivity index (χ0n) is 13.6. The number of nitrogens with zero attached hydrogens (tertiary/aromatic N) is 1. The lowest BCUT2D eigenvalue weighted by Gasteiger charge is -2.18. The Kier molecular flexibility index (Phi) is 5.11. The van der Waals surface area contributed by atoms with Crippen LogP contribution in [0.1, 0.15) is 35.6 Å². The van der Waals surface area contributed by atoms with Crippen molar-refractivity contribution in [1.29, 1.82) is 0 Å². The van der Waals surface area contributed by atoms with E-state index in [2.05, 4.69) is 9.72 Å². The fourth-order valence-electron chi connectivity index (χ4n) is 2.36. The smallest absolute Gasteiger partial charge is 0.385 e. The van der Waals surface area contributed by atoms with Crippen LogP contribution < -0.4 is 0 Å². The molecular formula is C17H17F2NO4. The molecule has 0 saturated carbocycles. The molecule has 1 heterocycles. The lowest BCUT2D eigenvalue weighted by atomic mass is 10.00. The van der Waals surface area contributed by atoms with Gasteiger partial charge in [0.2, 0.25) is 0 Å². The lowest BCUT2D eigenvalue weighted by Crippen LogP contribution is -2.30. The van der Waals surface area contributed by atoms with Gasteiger partial charge in [-0.2, -0.15) is 8.78 Å². The fraction of sp³-hybridized carbons (Fsp3) is 0.353. The van der Waals surface area contributed by atoms with Gasteiger partial charge >= 0.3 is 17.9 Å². The van der Waals surface area contributed by atoms with E-state index in [0.717, 1.165) is 0 Å². The number of hydrogen-bond donors (Lipinski definition) is 0. The number of hydrogen-bond acceptors (Lipinski definition) is 5. The number of fused-ring (bicyclic) bond motifs is 1. The minimum absolute atomic E-state index is 0.0797. The summed E-state index contributed by atoms with van der Waals surface area (Å²) in [5.74, 6) is -6.51. The second-order valence-corrected chi connectivity index (χ2v) is 4.99. The Morgan fingerprint density at radius 2 is 1.67 bits per heavy atom. The van der Waals surface area contributed by atoms with Crippen molar-refractivity contribution in [2.75, 3.05) is 13.2 Å². The Labute approximate surface area is 137 Å². The van der Waals surface area contributed by atoms with E-state index < -0.39 is 23.6 Å². The molecule has 0 aliphatic rings. The van der Waals surface area contributed by atoms with E-state index >= 15 is 0 Å². The van der Waals surface area contributed by atoms with Crippen molar-refractivity contribution in [1.82, 2.24) is 4.98 Å². The van der Waals surface area contributed by atoms with Crippen molar-refractivity contribution in [3.8, 4) is 0 Å². The molecule has 7 heteroatoms. The van der Waals surface area contributed by atoms with Gasteiger partial charge in [0.15, 0.2) is 5.69 Å². The maximum atomic E-state index is 14.5. The largest absolute Gasteiger partial charge is 0.461 e. The van der Waals surface area contributed by atoms with Crippen molar-refractivity contribution in [2.45, 2.75) is 26.7 Å². The van der Waals surface area contributed by atoms with Gasteiger partial charge in [-0.25, -0.2) is 14.6 Å². The number of benzene rings is 1. The van der Waals surface area contributed by atoms with E-state index in [4.69, 9.17) is 4.74 Å². The van der Waals surface area contributed by atoms with Crippen molar-refractivity contribution < 1.29 is 27.8 Å². The maximum Gasteiger partial charge on any atom is 0.385 e. The molecular weight excluding hydrogens is 320 g/mol. The highest BCUT2D eigenvalue weighted by molar-refractivity contribution is 5.99. The van der Waals surface area contributed by atoms with Gasteiger partial charge in [-0.15, -0.1) is 0 Å². The van der Waals surface area contributed by atoms with Gasteiger partial charge in [-0.1, -0.05) is 24.3 Å². The minimum Gasteiger partial charge on any atom is -0.461 e. The van der Waals surface area contributed by atoms with Crippen LogP contribution in [-0.4, -0.2) is 30.1 Å². The molecule has 0 radical (unpaired) electrons. The molecule has 0 N–H and O–H groups in total. The number of carbonyl (C=O) groups excluding carboxylic acids is 2. The van der Waals surface area contributed by atoms with Crippen LogP contribution in [0.4, 0.5) is 8.78 Å². The van der Waals surface area contributed by atoms with E-state index in [9.17, 15) is 18.4 Å². The van der Waals surface area contributed by atoms with Crippen LogP contribution in [-0.2, 0) is 20.2 Å². The van der Waals surface area contributed by atoms with Gasteiger partial charge < -0.3 is 9.47 Å². The van der Waals surface area contributed by atoms with Crippen LogP contribution in [0.3, 0.4) is 0 Å². The number of aromatic nitrogens is 1. The SMILES string of the molecule is CCOC(=O)c1nc(C(F)(F)C(=O)OCC)c2ccccc2c1C. The summed E-state index contributed by atoms with van der Waals surface area (Å²) >= 11 is 0. The summed E-state index contributed by atoms with van der Waals surface area (Å²) in [6, 6.07) is 6.21. The Balaban J connectivity index is 2.75. The number of carbonyl (C=O) groups is 2. The molecule has 24 heavy (non-hydrogen) atoms. The molecule has 5 nitrogen and oxygen atoms in total. The standard InChI is InChI=1S/C17H17F2NO4/c1-4-23-15(21)13-10(3)11-8-6-7-9-12(11)14(20-13)17(18,19)16(22)24-5-2/h6-9H,4-5H2,1-3H3. The molecule has 1 aromatic heterocycles. The normalized spacial score (nSPS) is 11.4. The molecule has 0 unspecified atom stereocenters. The van der Waals surface area contributed by atoms with E-state index in [1.54, 1.807) is 32.0 Å². The zero-order valence-corrected chi connectivity index (χ0v) is 13.6. The summed E-state index contributed by atoms with van der Waals surface area (Å²) in [6.45, 7) is 4.51. The van der Waals surface area contributed by atoms with Crippen LogP contribution in [0, 0.1) is 6.92 Å². The molecule has 0 aliphatic heterocycles. The number of alkyl halides is 2. The van der Waals surface area contributed by atoms with E-state index in [1.807, 2.05) is 0 Å². The van der Waals surface area contributed by atoms with Crippen LogP contribution >= 0.6 is 0 Å². The topological polar surface area (TPSA) is 65.5 Å². The van der Waals surface area contributed by atoms with Gasteiger partial charge in [-0.3, -0.25) is 0 Å². The first-order valence-corrected chi connectivity index (χ1v) is 7.46. The van der Waals surface area contributed by atoms with Gasteiger partial charge in [0, 0.05) is 5.39 Å². The van der Waals surface area contributed by atoms with E-state index in [1.165, 1.54) is 13.0 Å². The zero-order chi connectivity index (χ0) is 17.9. The van der Waals surface area contributed by atoms with E-state index in [0.29, 0.717) is 10.9 Å². The van der Waals surface area contributed by atoms with Gasteiger partial charge in [0.05, 0.1) is 13.2 Å². The van der Waals surface area contributed by atoms with Crippen molar-refractivity contribution >= 4 is 22.7 Å². The molecule has 0 fully saturated rings. The molecule has 2 aromatic rings. The number of rotatable bonds is 5. The van der Waals surface area contributed by atoms with Crippen molar-refractivity contribution in [3.63, 3.8) is 0 Å². The Hall–Kier alpha value is -2.57. The Bertz CT molecular complexity index is 789. The fourth-order valence-corrected chi connectivity index (χ4v) is 2.36. The third-order valence-corrected chi connectivity index (χ3v) is 3.46. The molecule has 0 bridgehead atoms. The molecule has 0 saturated heterocycles. The molecule has 2 rings (SSSR count). The summed E-state index contributed by atoms with van der Waals surface area (Å²) in [5, 5.41) is 0.482. The molecule has 0 amide bonds. The highest BCUT2D eigenvalue weighted by atomic mass is 19.3. The van der Waals surface area contributed by atoms with Gasteiger partial charge in [0.25, 0.3) is 0 Å². The molecule has 0 aliphatic carbocycles. The first kappa shape index (κ1) is 17.8. The number of halogens is 2. The predicted octanol–water partition coefficient (Wildman–Crippen LogP) is 3.37. The second kappa shape index (κ2) is 6.90. The molecule has 0 spiro atoms. The number of esters is 2. The van der Waals surface area contributed by atoms with Crippen LogP contribution in [0.5, 0.6) is 0 Å². The van der Waals surface area contributed by atoms with Gasteiger partial charge in [-0.05, 0) is 31.7 Å². The first-order chi connectivity index (χ1) is 11.3. The summed E-state index contributed by atoms with van der Waals surface area (Å²) in [7, 11) is 0. The summed E-state index contributed by atoms with van der Waals surface area (Å²) in [4.78, 5) is 27.5. The third kappa shape index (κ3) is 3.06. The average Bonchev–Trinajstić information content (AvgIpc) is 2.55. The van der Waals surface area contributed by atoms with Gasteiger partial charge in [0.1, 0.15) is 5.69 Å². The van der Waals surface area contributed by atoms with E-state index in [-0.39, 0.29) is 24.3 Å². The molecule has 1 aromatic carbocycles. The van der Waals surface area contributed by atoms with Crippen LogP contribution in [0.15, 0.2) is 24.3 Å². The summed E-state index contributed by atoms with van der Waals surface area (Å²) in [6.07, 6.45) is 0. The highest BCUT2D eigenvalue weighted by Crippen LogP contribution is 2.35. The molecule has 128 valence electrons. The Morgan fingerprint density at radius 1 is 1.08 bits per heavy atom. The average molecular weight is 337 g/mol. The predicted molar refractivity (Wildman–Crippen MR) is 83.0 cm³/mol. The van der Waals surface area contributed by atoms with Crippen LogP contribution in [0.25, 0.3) is 10.8 Å². The molecule has 0 atom stereocenters. The van der Waals surface area contributed by atoms with Crippen molar-refractivity contribution in [2.24, 2.45) is 0 Å². The van der Waals surface area contributed by atoms with Crippen molar-refractivity contribution in [3.05, 3.63) is 41.2 Å².